The lowest BCUT2D eigenvalue weighted by Crippen LogP contribution is -2.06. The molecule has 2 aromatic rings. The molecule has 0 aliphatic carbocycles. The average Bonchev–Trinajstić information content (AvgIpc) is 2.74. The number of carbonyl (C=O) groups is 1. The van der Waals surface area contributed by atoms with Crippen LogP contribution in [-0.2, 0) is 17.8 Å². The molecule has 4 nitrogen and oxygen atoms in total. The van der Waals surface area contributed by atoms with Crippen LogP contribution in [0.15, 0.2) is 12.1 Å². The fourth-order valence-electron chi connectivity index (χ4n) is 2.33. The minimum absolute atomic E-state index is 0.0383. The zero-order valence-electron chi connectivity index (χ0n) is 11.9. The van der Waals surface area contributed by atoms with Gasteiger partial charge in [-0.05, 0) is 12.8 Å². The maximum absolute atomic E-state index is 13.4. The Morgan fingerprint density at radius 1 is 1.29 bits per heavy atom. The third kappa shape index (κ3) is 3.56. The van der Waals surface area contributed by atoms with Gasteiger partial charge < -0.3 is 9.67 Å². The Balaban J connectivity index is 2.36. The van der Waals surface area contributed by atoms with Crippen LogP contribution in [0, 0.1) is 11.6 Å². The number of unbranched alkanes of at least 4 members (excludes halogenated alkanes) is 1. The molecule has 0 saturated carbocycles. The van der Waals surface area contributed by atoms with Crippen molar-refractivity contribution in [3.05, 3.63) is 29.6 Å². The van der Waals surface area contributed by atoms with Crippen molar-refractivity contribution in [1.82, 2.24) is 9.55 Å². The van der Waals surface area contributed by atoms with E-state index in [4.69, 9.17) is 5.11 Å². The van der Waals surface area contributed by atoms with E-state index >= 15 is 0 Å². The molecule has 0 aliphatic rings. The molecule has 0 unspecified atom stereocenters. The van der Waals surface area contributed by atoms with Crippen LogP contribution in [0.25, 0.3) is 11.0 Å². The van der Waals surface area contributed by atoms with Gasteiger partial charge in [0.2, 0.25) is 0 Å². The molecule has 0 aliphatic heterocycles. The molecule has 21 heavy (non-hydrogen) atoms. The molecule has 1 N–H and O–H groups in total. The van der Waals surface area contributed by atoms with E-state index in [2.05, 4.69) is 11.9 Å². The number of aromatic nitrogens is 2. The summed E-state index contributed by atoms with van der Waals surface area (Å²) in [5, 5.41) is 8.71. The first-order chi connectivity index (χ1) is 10.0. The number of carboxylic acid groups (broad SMARTS) is 1. The number of hydrogen-bond donors (Lipinski definition) is 1. The van der Waals surface area contributed by atoms with E-state index in [1.807, 2.05) is 0 Å². The van der Waals surface area contributed by atoms with E-state index in [0.717, 1.165) is 30.8 Å². The van der Waals surface area contributed by atoms with Crippen molar-refractivity contribution in [2.75, 3.05) is 0 Å². The lowest BCUT2D eigenvalue weighted by molar-refractivity contribution is -0.137. The Kier molecular flexibility index (Phi) is 4.88. The van der Waals surface area contributed by atoms with Gasteiger partial charge in [0.25, 0.3) is 0 Å². The molecule has 1 aromatic heterocycles. The second-order valence-electron chi connectivity index (χ2n) is 5.04. The van der Waals surface area contributed by atoms with Crippen molar-refractivity contribution < 1.29 is 18.7 Å². The zero-order valence-corrected chi connectivity index (χ0v) is 11.9. The number of aryl methyl sites for hydroxylation is 2. The highest BCUT2D eigenvalue weighted by Gasteiger charge is 2.14. The standard InChI is InChI=1S/C15H18F2N2O2/c1-2-3-5-14-18-12-8-10(16)11(17)9-13(12)19(14)7-4-6-15(20)21/h8-9H,2-7H2,1H3,(H,20,21). The van der Waals surface area contributed by atoms with Crippen LogP contribution in [0.4, 0.5) is 8.78 Å². The lowest BCUT2D eigenvalue weighted by Gasteiger charge is -2.08. The Morgan fingerprint density at radius 2 is 2.00 bits per heavy atom. The van der Waals surface area contributed by atoms with Crippen LogP contribution in [0.3, 0.4) is 0 Å². The predicted octanol–water partition coefficient (Wildman–Crippen LogP) is 3.52. The second-order valence-corrected chi connectivity index (χ2v) is 5.04. The number of rotatable bonds is 7. The van der Waals surface area contributed by atoms with E-state index in [0.29, 0.717) is 30.4 Å². The van der Waals surface area contributed by atoms with Crippen LogP contribution in [0.5, 0.6) is 0 Å². The van der Waals surface area contributed by atoms with Crippen molar-refractivity contribution in [3.8, 4) is 0 Å². The first-order valence-corrected chi connectivity index (χ1v) is 7.09. The van der Waals surface area contributed by atoms with Crippen LogP contribution in [-0.4, -0.2) is 20.6 Å². The minimum atomic E-state index is -0.917. The summed E-state index contributed by atoms with van der Waals surface area (Å²) in [5.41, 5.74) is 0.931. The summed E-state index contributed by atoms with van der Waals surface area (Å²) in [7, 11) is 0. The molecule has 0 amide bonds. The van der Waals surface area contributed by atoms with Gasteiger partial charge in [0, 0.05) is 31.5 Å². The van der Waals surface area contributed by atoms with Crippen molar-refractivity contribution in [3.63, 3.8) is 0 Å². The second kappa shape index (κ2) is 6.65. The number of imidazole rings is 1. The smallest absolute Gasteiger partial charge is 0.303 e. The highest BCUT2D eigenvalue weighted by molar-refractivity contribution is 5.76. The van der Waals surface area contributed by atoms with Gasteiger partial charge in [-0.1, -0.05) is 13.3 Å². The molecule has 2 rings (SSSR count). The molecule has 0 spiro atoms. The summed E-state index contributed by atoms with van der Waals surface area (Å²) < 4.78 is 28.5. The Bertz CT molecular complexity index is 653. The summed E-state index contributed by atoms with van der Waals surface area (Å²) in [6.45, 7) is 2.49. The summed E-state index contributed by atoms with van der Waals surface area (Å²) in [6, 6.07) is 2.22. The van der Waals surface area contributed by atoms with Gasteiger partial charge in [-0.2, -0.15) is 0 Å². The Hall–Kier alpha value is -1.98. The van der Waals surface area contributed by atoms with Crippen molar-refractivity contribution in [2.45, 2.75) is 45.6 Å². The SMILES string of the molecule is CCCCc1nc2cc(F)c(F)cc2n1CCCC(=O)O. The number of aliphatic carboxylic acids is 1. The number of hydrogen-bond acceptors (Lipinski definition) is 2. The summed E-state index contributed by atoms with van der Waals surface area (Å²) >= 11 is 0. The van der Waals surface area contributed by atoms with Gasteiger partial charge in [0.1, 0.15) is 5.82 Å². The molecule has 0 radical (unpaired) electrons. The number of carboxylic acids is 1. The van der Waals surface area contributed by atoms with Crippen LogP contribution in [0.2, 0.25) is 0 Å². The number of benzene rings is 1. The van der Waals surface area contributed by atoms with Gasteiger partial charge in [-0.15, -0.1) is 0 Å². The topological polar surface area (TPSA) is 55.1 Å². The quantitative estimate of drug-likeness (QED) is 0.850. The van der Waals surface area contributed by atoms with Crippen molar-refractivity contribution >= 4 is 17.0 Å². The fraction of sp³-hybridized carbons (Fsp3) is 0.467. The maximum atomic E-state index is 13.4. The molecule has 114 valence electrons. The molecule has 0 atom stereocenters. The first kappa shape index (κ1) is 15.4. The van der Waals surface area contributed by atoms with Gasteiger partial charge in [-0.3, -0.25) is 4.79 Å². The maximum Gasteiger partial charge on any atom is 0.303 e. The van der Waals surface area contributed by atoms with E-state index < -0.39 is 17.6 Å². The molecule has 0 saturated heterocycles. The highest BCUT2D eigenvalue weighted by Crippen LogP contribution is 2.21. The highest BCUT2D eigenvalue weighted by atomic mass is 19.2. The number of nitrogens with zero attached hydrogens (tertiary/aromatic N) is 2. The Morgan fingerprint density at radius 3 is 2.67 bits per heavy atom. The van der Waals surface area contributed by atoms with Crippen LogP contribution in [0.1, 0.15) is 38.4 Å². The molecular formula is C15H18F2N2O2. The average molecular weight is 296 g/mol. The van der Waals surface area contributed by atoms with E-state index in [-0.39, 0.29) is 6.42 Å². The van der Waals surface area contributed by atoms with E-state index in [9.17, 15) is 13.6 Å². The molecule has 0 fully saturated rings. The third-order valence-electron chi connectivity index (χ3n) is 3.40. The molecular weight excluding hydrogens is 278 g/mol. The molecule has 1 aromatic carbocycles. The molecule has 0 bridgehead atoms. The largest absolute Gasteiger partial charge is 0.481 e. The summed E-state index contributed by atoms with van der Waals surface area (Å²) in [5.74, 6) is -1.95. The lowest BCUT2D eigenvalue weighted by atomic mass is 10.2. The van der Waals surface area contributed by atoms with Crippen LogP contribution >= 0.6 is 0 Å². The van der Waals surface area contributed by atoms with Gasteiger partial charge in [0.15, 0.2) is 11.6 Å². The van der Waals surface area contributed by atoms with E-state index in [1.165, 1.54) is 0 Å². The molecule has 1 heterocycles. The van der Waals surface area contributed by atoms with Gasteiger partial charge in [0.05, 0.1) is 11.0 Å². The summed E-state index contributed by atoms with van der Waals surface area (Å²) in [6.07, 6.45) is 3.09. The molecule has 6 heteroatoms. The number of fused-ring (bicyclic) bond motifs is 1. The van der Waals surface area contributed by atoms with Crippen molar-refractivity contribution in [2.24, 2.45) is 0 Å². The summed E-state index contributed by atoms with van der Waals surface area (Å²) in [4.78, 5) is 15.0. The van der Waals surface area contributed by atoms with Gasteiger partial charge in [-0.25, -0.2) is 13.8 Å². The number of halogens is 2. The van der Waals surface area contributed by atoms with Crippen molar-refractivity contribution in [1.29, 1.82) is 0 Å². The third-order valence-corrected chi connectivity index (χ3v) is 3.40. The van der Waals surface area contributed by atoms with Crippen LogP contribution < -0.4 is 0 Å². The Labute approximate surface area is 121 Å². The van der Waals surface area contributed by atoms with E-state index in [1.54, 1.807) is 4.57 Å². The minimum Gasteiger partial charge on any atom is -0.481 e. The monoisotopic (exact) mass is 296 g/mol. The normalized spacial score (nSPS) is 11.2. The first-order valence-electron chi connectivity index (χ1n) is 7.09. The predicted molar refractivity (Wildman–Crippen MR) is 75.1 cm³/mol. The zero-order chi connectivity index (χ0) is 15.4. The fourth-order valence-corrected chi connectivity index (χ4v) is 2.33. The van der Waals surface area contributed by atoms with Gasteiger partial charge >= 0.3 is 5.97 Å².